The normalized spacial score (nSPS) is 10.7. The lowest BCUT2D eigenvalue weighted by molar-refractivity contribution is 0.102. The molecule has 0 bridgehead atoms. The summed E-state index contributed by atoms with van der Waals surface area (Å²) in [4.78, 5) is 12.5. The summed E-state index contributed by atoms with van der Waals surface area (Å²) in [7, 11) is 0. The van der Waals surface area contributed by atoms with Gasteiger partial charge in [0, 0.05) is 11.3 Å². The van der Waals surface area contributed by atoms with Crippen LogP contribution in [0.1, 0.15) is 10.4 Å². The Balaban J connectivity index is 1.36. The van der Waals surface area contributed by atoms with E-state index in [4.69, 9.17) is 4.74 Å². The monoisotopic (exact) mass is 393 g/mol. The van der Waals surface area contributed by atoms with E-state index in [2.05, 4.69) is 15.5 Å². The van der Waals surface area contributed by atoms with Crippen molar-refractivity contribution < 1.29 is 9.53 Å². The molecule has 0 aliphatic heterocycles. The lowest BCUT2D eigenvalue weighted by Gasteiger charge is -2.08. The summed E-state index contributed by atoms with van der Waals surface area (Å²) in [6.07, 6.45) is 0. The molecule has 0 unspecified atom stereocenters. The number of rotatable bonds is 6. The molecule has 4 aromatic carbocycles. The van der Waals surface area contributed by atoms with Gasteiger partial charge in [-0.3, -0.25) is 4.79 Å². The predicted molar refractivity (Wildman–Crippen MR) is 118 cm³/mol. The SMILES string of the molecule is O=C(Nc1ccc(N=Nc2ccccc2)cc1)c1ccc(Oc2ccccc2)cc1. The van der Waals surface area contributed by atoms with Crippen molar-refractivity contribution in [2.75, 3.05) is 5.32 Å². The fraction of sp³-hybridized carbons (Fsp3) is 0. The number of carbonyl (C=O) groups is 1. The molecule has 4 aromatic rings. The van der Waals surface area contributed by atoms with E-state index in [9.17, 15) is 4.79 Å². The van der Waals surface area contributed by atoms with Crippen LogP contribution < -0.4 is 10.1 Å². The van der Waals surface area contributed by atoms with Crippen molar-refractivity contribution in [1.82, 2.24) is 0 Å². The number of para-hydroxylation sites is 1. The van der Waals surface area contributed by atoms with Gasteiger partial charge in [0.1, 0.15) is 11.5 Å². The number of carbonyl (C=O) groups excluding carboxylic acids is 1. The molecule has 4 rings (SSSR count). The van der Waals surface area contributed by atoms with Crippen molar-refractivity contribution in [2.24, 2.45) is 10.2 Å². The highest BCUT2D eigenvalue weighted by molar-refractivity contribution is 6.04. The lowest BCUT2D eigenvalue weighted by Crippen LogP contribution is -2.11. The molecule has 0 saturated heterocycles. The van der Waals surface area contributed by atoms with Gasteiger partial charge >= 0.3 is 0 Å². The molecule has 0 aromatic heterocycles. The highest BCUT2D eigenvalue weighted by Gasteiger charge is 2.07. The molecule has 0 atom stereocenters. The molecule has 0 heterocycles. The fourth-order valence-corrected chi connectivity index (χ4v) is 2.72. The van der Waals surface area contributed by atoms with Crippen LogP contribution in [-0.2, 0) is 0 Å². The number of ether oxygens (including phenoxy) is 1. The lowest BCUT2D eigenvalue weighted by atomic mass is 10.2. The highest BCUT2D eigenvalue weighted by atomic mass is 16.5. The van der Waals surface area contributed by atoms with Gasteiger partial charge in [0.2, 0.25) is 0 Å². The first-order chi connectivity index (χ1) is 14.8. The molecule has 30 heavy (non-hydrogen) atoms. The minimum absolute atomic E-state index is 0.195. The van der Waals surface area contributed by atoms with E-state index in [1.807, 2.05) is 60.7 Å². The van der Waals surface area contributed by atoms with Gasteiger partial charge in [0.05, 0.1) is 11.4 Å². The van der Waals surface area contributed by atoms with E-state index < -0.39 is 0 Å². The summed E-state index contributed by atoms with van der Waals surface area (Å²) in [5, 5.41) is 11.3. The van der Waals surface area contributed by atoms with Gasteiger partial charge in [-0.05, 0) is 72.8 Å². The number of amides is 1. The second-order valence-corrected chi connectivity index (χ2v) is 6.48. The van der Waals surface area contributed by atoms with Crippen molar-refractivity contribution in [3.05, 3.63) is 115 Å². The number of nitrogens with one attached hydrogen (secondary N) is 1. The average molecular weight is 393 g/mol. The van der Waals surface area contributed by atoms with Crippen LogP contribution in [0.4, 0.5) is 17.1 Å². The van der Waals surface area contributed by atoms with E-state index >= 15 is 0 Å². The predicted octanol–water partition coefficient (Wildman–Crippen LogP) is 7.15. The van der Waals surface area contributed by atoms with Gasteiger partial charge in [-0.25, -0.2) is 0 Å². The summed E-state index contributed by atoms with van der Waals surface area (Å²) in [6, 6.07) is 33.2. The number of hydrogen-bond donors (Lipinski definition) is 1. The molecular weight excluding hydrogens is 374 g/mol. The van der Waals surface area contributed by atoms with Crippen LogP contribution >= 0.6 is 0 Å². The molecule has 1 amide bonds. The van der Waals surface area contributed by atoms with Crippen LogP contribution in [0, 0.1) is 0 Å². The zero-order chi connectivity index (χ0) is 20.6. The molecule has 5 nitrogen and oxygen atoms in total. The Hall–Kier alpha value is -4.25. The van der Waals surface area contributed by atoms with Crippen molar-refractivity contribution in [2.45, 2.75) is 0 Å². The Morgan fingerprint density at radius 3 is 1.77 bits per heavy atom. The van der Waals surface area contributed by atoms with Gasteiger partial charge in [-0.2, -0.15) is 10.2 Å². The van der Waals surface area contributed by atoms with E-state index in [-0.39, 0.29) is 5.91 Å². The smallest absolute Gasteiger partial charge is 0.255 e. The molecular formula is C25H19N3O2. The van der Waals surface area contributed by atoms with Crippen LogP contribution in [0.25, 0.3) is 0 Å². The number of nitrogens with zero attached hydrogens (tertiary/aromatic N) is 2. The van der Waals surface area contributed by atoms with E-state index in [0.717, 1.165) is 11.4 Å². The molecule has 0 aliphatic carbocycles. The third-order valence-electron chi connectivity index (χ3n) is 4.26. The highest BCUT2D eigenvalue weighted by Crippen LogP contribution is 2.23. The summed E-state index contributed by atoms with van der Waals surface area (Å²) < 4.78 is 5.75. The molecule has 0 saturated carbocycles. The third kappa shape index (κ3) is 5.17. The van der Waals surface area contributed by atoms with Crippen LogP contribution in [-0.4, -0.2) is 5.91 Å². The van der Waals surface area contributed by atoms with Crippen LogP contribution in [0.3, 0.4) is 0 Å². The van der Waals surface area contributed by atoms with Crippen LogP contribution in [0.15, 0.2) is 119 Å². The van der Waals surface area contributed by atoms with Gasteiger partial charge in [-0.1, -0.05) is 36.4 Å². The Labute approximate surface area is 174 Å². The van der Waals surface area contributed by atoms with Crippen molar-refractivity contribution >= 4 is 23.0 Å². The van der Waals surface area contributed by atoms with E-state index in [0.29, 0.717) is 22.7 Å². The molecule has 0 aliphatic rings. The summed E-state index contributed by atoms with van der Waals surface area (Å²) >= 11 is 0. The Morgan fingerprint density at radius 2 is 1.13 bits per heavy atom. The average Bonchev–Trinajstić information content (AvgIpc) is 2.80. The first-order valence-electron chi connectivity index (χ1n) is 9.47. The van der Waals surface area contributed by atoms with Crippen molar-refractivity contribution in [1.29, 1.82) is 0 Å². The molecule has 146 valence electrons. The number of hydrogen-bond acceptors (Lipinski definition) is 4. The van der Waals surface area contributed by atoms with Crippen molar-refractivity contribution in [3.8, 4) is 11.5 Å². The van der Waals surface area contributed by atoms with E-state index in [1.165, 1.54) is 0 Å². The largest absolute Gasteiger partial charge is 0.457 e. The first-order valence-corrected chi connectivity index (χ1v) is 9.47. The maximum absolute atomic E-state index is 12.5. The summed E-state index contributed by atoms with van der Waals surface area (Å²) in [6.45, 7) is 0. The van der Waals surface area contributed by atoms with Crippen LogP contribution in [0.2, 0.25) is 0 Å². The number of anilines is 1. The Kier molecular flexibility index (Phi) is 5.91. The van der Waals surface area contributed by atoms with Crippen molar-refractivity contribution in [3.63, 3.8) is 0 Å². The maximum Gasteiger partial charge on any atom is 0.255 e. The van der Waals surface area contributed by atoms with Crippen LogP contribution in [0.5, 0.6) is 11.5 Å². The molecule has 1 N–H and O–H groups in total. The standard InChI is InChI=1S/C25H19N3O2/c29-25(19-11-17-24(18-12-19)30-23-9-5-2-6-10-23)26-20-13-15-22(16-14-20)28-27-21-7-3-1-4-8-21/h1-18H,(H,26,29). The fourth-order valence-electron chi connectivity index (χ4n) is 2.72. The molecule has 0 spiro atoms. The summed E-state index contributed by atoms with van der Waals surface area (Å²) in [5.74, 6) is 1.23. The number of azo groups is 1. The second kappa shape index (κ2) is 9.30. The molecule has 0 fully saturated rings. The number of benzene rings is 4. The quantitative estimate of drug-likeness (QED) is 0.354. The molecule has 0 radical (unpaired) electrons. The van der Waals surface area contributed by atoms with Gasteiger partial charge in [-0.15, -0.1) is 0 Å². The van der Waals surface area contributed by atoms with Gasteiger partial charge in [0.15, 0.2) is 0 Å². The van der Waals surface area contributed by atoms with Gasteiger partial charge < -0.3 is 10.1 Å². The summed E-state index contributed by atoms with van der Waals surface area (Å²) in [5.41, 5.74) is 2.72. The Bertz CT molecular complexity index is 1120. The minimum Gasteiger partial charge on any atom is -0.457 e. The Morgan fingerprint density at radius 1 is 0.600 bits per heavy atom. The zero-order valence-electron chi connectivity index (χ0n) is 16.1. The zero-order valence-corrected chi connectivity index (χ0v) is 16.1. The second-order valence-electron chi connectivity index (χ2n) is 6.48. The topological polar surface area (TPSA) is 63.0 Å². The third-order valence-corrected chi connectivity index (χ3v) is 4.26. The van der Waals surface area contributed by atoms with E-state index in [1.54, 1.807) is 48.5 Å². The van der Waals surface area contributed by atoms with Gasteiger partial charge in [0.25, 0.3) is 5.91 Å². The first kappa shape index (κ1) is 19.1. The maximum atomic E-state index is 12.5. The molecule has 5 heteroatoms. The minimum atomic E-state index is -0.195.